The van der Waals surface area contributed by atoms with Crippen LogP contribution in [0.25, 0.3) is 0 Å². The normalized spacial score (nSPS) is 16.2. The van der Waals surface area contributed by atoms with Crippen molar-refractivity contribution in [2.24, 2.45) is 4.99 Å². The monoisotopic (exact) mass is 340 g/mol. The molecule has 0 saturated carbocycles. The molecule has 1 aliphatic heterocycles. The molecule has 9 heteroatoms. The van der Waals surface area contributed by atoms with Crippen LogP contribution in [0.2, 0.25) is 5.02 Å². The van der Waals surface area contributed by atoms with Crippen molar-refractivity contribution in [2.45, 2.75) is 6.61 Å². The molecule has 1 fully saturated rings. The van der Waals surface area contributed by atoms with Crippen LogP contribution in [0.1, 0.15) is 5.01 Å². The van der Waals surface area contributed by atoms with E-state index in [-0.39, 0.29) is 5.91 Å². The maximum atomic E-state index is 11.1. The van der Waals surface area contributed by atoms with Crippen molar-refractivity contribution in [1.82, 2.24) is 15.5 Å². The molecule has 3 rings (SSSR count). The zero-order valence-electron chi connectivity index (χ0n) is 10.6. The molecule has 0 radical (unpaired) electrons. The van der Waals surface area contributed by atoms with Gasteiger partial charge in [0.1, 0.15) is 12.4 Å². The third-order valence-corrected chi connectivity index (χ3v) is 4.33. The minimum absolute atomic E-state index is 0.0467. The second kappa shape index (κ2) is 6.42. The van der Waals surface area contributed by atoms with Crippen molar-refractivity contribution >= 4 is 50.9 Å². The van der Waals surface area contributed by atoms with Gasteiger partial charge in [0.2, 0.25) is 11.0 Å². The standard InChI is InChI=1S/C12H9ClN4O2S2/c13-7-1-3-8(4-2-7)19-5-10-16-17-12(21-10)15-11-14-9(18)6-20-11/h1-4H,5-6H2,(H,14,15,17,18). The van der Waals surface area contributed by atoms with Crippen LogP contribution in [0, 0.1) is 0 Å². The number of ether oxygens (including phenoxy) is 1. The average molecular weight is 341 g/mol. The van der Waals surface area contributed by atoms with E-state index in [0.29, 0.717) is 38.4 Å². The Morgan fingerprint density at radius 3 is 2.86 bits per heavy atom. The van der Waals surface area contributed by atoms with Crippen LogP contribution in [0.4, 0.5) is 5.13 Å². The molecule has 0 spiro atoms. The Hall–Kier alpha value is -1.64. The van der Waals surface area contributed by atoms with Crippen LogP contribution in [0.5, 0.6) is 5.75 Å². The van der Waals surface area contributed by atoms with Gasteiger partial charge in [-0.05, 0) is 24.3 Å². The van der Waals surface area contributed by atoms with E-state index in [1.54, 1.807) is 24.3 Å². The van der Waals surface area contributed by atoms with E-state index in [4.69, 9.17) is 16.3 Å². The summed E-state index contributed by atoms with van der Waals surface area (Å²) in [7, 11) is 0. The Bertz CT molecular complexity index is 687. The number of aliphatic imine (C=N–C) groups is 1. The molecular weight excluding hydrogens is 332 g/mol. The Morgan fingerprint density at radius 1 is 1.33 bits per heavy atom. The van der Waals surface area contributed by atoms with E-state index in [2.05, 4.69) is 20.5 Å². The maximum Gasteiger partial charge on any atom is 0.236 e. The summed E-state index contributed by atoms with van der Waals surface area (Å²) in [5.41, 5.74) is 0. The number of aromatic nitrogens is 2. The molecule has 0 aliphatic carbocycles. The minimum atomic E-state index is -0.0467. The number of benzene rings is 1. The number of thioether (sulfide) groups is 1. The average Bonchev–Trinajstić information content (AvgIpc) is 3.08. The van der Waals surface area contributed by atoms with Gasteiger partial charge in [-0.1, -0.05) is 34.7 Å². The molecule has 0 atom stereocenters. The van der Waals surface area contributed by atoms with Crippen LogP contribution in [0.3, 0.4) is 0 Å². The first-order valence-electron chi connectivity index (χ1n) is 5.91. The molecule has 1 saturated heterocycles. The highest BCUT2D eigenvalue weighted by Crippen LogP contribution is 2.23. The fourth-order valence-electron chi connectivity index (χ4n) is 1.50. The number of hydrogen-bond donors (Lipinski definition) is 1. The minimum Gasteiger partial charge on any atom is -0.486 e. The van der Waals surface area contributed by atoms with E-state index in [9.17, 15) is 4.79 Å². The maximum absolute atomic E-state index is 11.1. The molecule has 108 valence electrons. The van der Waals surface area contributed by atoms with Gasteiger partial charge in [0, 0.05) is 5.02 Å². The Kier molecular flexibility index (Phi) is 4.37. The smallest absolute Gasteiger partial charge is 0.236 e. The van der Waals surface area contributed by atoms with Gasteiger partial charge in [-0.2, -0.15) is 4.99 Å². The van der Waals surface area contributed by atoms with Gasteiger partial charge in [-0.15, -0.1) is 10.2 Å². The molecule has 1 amide bonds. The van der Waals surface area contributed by atoms with E-state index >= 15 is 0 Å². The number of nitrogens with zero attached hydrogens (tertiary/aromatic N) is 3. The summed E-state index contributed by atoms with van der Waals surface area (Å²) in [6.07, 6.45) is 0. The fourth-order valence-corrected chi connectivity index (χ4v) is 2.99. The van der Waals surface area contributed by atoms with Crippen LogP contribution >= 0.6 is 34.7 Å². The van der Waals surface area contributed by atoms with E-state index in [1.165, 1.54) is 23.1 Å². The van der Waals surface area contributed by atoms with Crippen LogP contribution in [-0.4, -0.2) is 27.0 Å². The highest BCUT2D eigenvalue weighted by Gasteiger charge is 2.17. The molecule has 1 N–H and O–H groups in total. The highest BCUT2D eigenvalue weighted by molar-refractivity contribution is 8.15. The summed E-state index contributed by atoms with van der Waals surface area (Å²) in [6, 6.07) is 7.09. The molecule has 1 aromatic heterocycles. The first kappa shape index (κ1) is 14.3. The number of carbonyl (C=O) groups excluding carboxylic acids is 1. The van der Waals surface area contributed by atoms with Crippen LogP contribution in [-0.2, 0) is 11.4 Å². The van der Waals surface area contributed by atoms with Crippen LogP contribution < -0.4 is 10.1 Å². The van der Waals surface area contributed by atoms with Crippen LogP contribution in [0.15, 0.2) is 29.3 Å². The molecule has 6 nitrogen and oxygen atoms in total. The summed E-state index contributed by atoms with van der Waals surface area (Å²) < 4.78 is 5.57. The largest absolute Gasteiger partial charge is 0.486 e. The second-order valence-electron chi connectivity index (χ2n) is 3.97. The quantitative estimate of drug-likeness (QED) is 0.925. The Morgan fingerprint density at radius 2 is 2.14 bits per heavy atom. The first-order chi connectivity index (χ1) is 10.2. The molecule has 1 aromatic carbocycles. The summed E-state index contributed by atoms with van der Waals surface area (Å²) >= 11 is 8.47. The van der Waals surface area contributed by atoms with Crippen molar-refractivity contribution < 1.29 is 9.53 Å². The first-order valence-corrected chi connectivity index (χ1v) is 8.09. The summed E-state index contributed by atoms with van der Waals surface area (Å²) in [4.78, 5) is 15.3. The van der Waals surface area contributed by atoms with Gasteiger partial charge in [-0.25, -0.2) is 0 Å². The number of nitrogens with one attached hydrogen (secondary N) is 1. The highest BCUT2D eigenvalue weighted by atomic mass is 35.5. The number of rotatable bonds is 4. The third-order valence-electron chi connectivity index (χ3n) is 2.42. The van der Waals surface area contributed by atoms with Crippen molar-refractivity contribution in [3.8, 4) is 5.75 Å². The predicted octanol–water partition coefficient (Wildman–Crippen LogP) is 2.62. The molecule has 2 aromatic rings. The molecular formula is C12H9ClN4O2S2. The number of hydrogen-bond acceptors (Lipinski definition) is 7. The SMILES string of the molecule is O=C1CS/C(=N/c2nnc(COc3ccc(Cl)cc3)s2)N1. The van der Waals surface area contributed by atoms with Gasteiger partial charge in [0.15, 0.2) is 10.2 Å². The van der Waals surface area contributed by atoms with Gasteiger partial charge in [0.05, 0.1) is 5.75 Å². The molecule has 21 heavy (non-hydrogen) atoms. The molecule has 2 heterocycles. The van der Waals surface area contributed by atoms with Gasteiger partial charge >= 0.3 is 0 Å². The summed E-state index contributed by atoms with van der Waals surface area (Å²) in [5, 5.41) is 13.0. The number of amides is 1. The van der Waals surface area contributed by atoms with Crippen molar-refractivity contribution in [3.63, 3.8) is 0 Å². The lowest BCUT2D eigenvalue weighted by Gasteiger charge is -2.02. The van der Waals surface area contributed by atoms with Gasteiger partial charge < -0.3 is 10.1 Å². The van der Waals surface area contributed by atoms with Crippen molar-refractivity contribution in [1.29, 1.82) is 0 Å². The molecule has 1 aliphatic rings. The van der Waals surface area contributed by atoms with Crippen molar-refractivity contribution in [2.75, 3.05) is 5.75 Å². The van der Waals surface area contributed by atoms with E-state index < -0.39 is 0 Å². The fraction of sp³-hybridized carbons (Fsp3) is 0.167. The summed E-state index contributed by atoms with van der Waals surface area (Å²) in [5.74, 6) is 1.06. The third kappa shape index (κ3) is 3.93. The zero-order chi connectivity index (χ0) is 14.7. The molecule has 0 bridgehead atoms. The topological polar surface area (TPSA) is 76.5 Å². The lowest BCUT2D eigenvalue weighted by molar-refractivity contribution is -0.116. The lowest BCUT2D eigenvalue weighted by atomic mass is 10.3. The van der Waals surface area contributed by atoms with E-state index in [1.807, 2.05) is 0 Å². The Labute approximate surface area is 133 Å². The second-order valence-corrected chi connectivity index (χ2v) is 6.42. The number of amidine groups is 1. The zero-order valence-corrected chi connectivity index (χ0v) is 13.0. The predicted molar refractivity (Wildman–Crippen MR) is 83.4 cm³/mol. The summed E-state index contributed by atoms with van der Waals surface area (Å²) in [6.45, 7) is 0.309. The number of carbonyl (C=O) groups is 1. The van der Waals surface area contributed by atoms with E-state index in [0.717, 1.165) is 0 Å². The number of halogens is 1. The molecule has 0 unspecified atom stereocenters. The van der Waals surface area contributed by atoms with Gasteiger partial charge in [-0.3, -0.25) is 4.79 Å². The van der Waals surface area contributed by atoms with Gasteiger partial charge in [0.25, 0.3) is 0 Å². The lowest BCUT2D eigenvalue weighted by Crippen LogP contribution is -2.19. The van der Waals surface area contributed by atoms with Crippen molar-refractivity contribution in [3.05, 3.63) is 34.3 Å². The Balaban J connectivity index is 1.60.